The smallest absolute Gasteiger partial charge is 0.306 e. The zero-order chi connectivity index (χ0) is 11.1. The van der Waals surface area contributed by atoms with Gasteiger partial charge in [-0.05, 0) is 13.3 Å². The molecule has 0 atom stereocenters. The number of carbonyl (C=O) groups is 1. The Morgan fingerprint density at radius 1 is 1.60 bits per heavy atom. The molecular weight excluding hydrogens is 212 g/mol. The summed E-state index contributed by atoms with van der Waals surface area (Å²) < 4.78 is 4.53. The topological polar surface area (TPSA) is 51.2 Å². The number of esters is 1. The van der Waals surface area contributed by atoms with E-state index in [2.05, 4.69) is 15.0 Å². The summed E-state index contributed by atoms with van der Waals surface area (Å²) in [5.74, 6) is -0.170. The molecule has 0 radical (unpaired) electrons. The maximum absolute atomic E-state index is 10.8. The standard InChI is InChI=1S/C10H16N2O2S/c1-8-9(15-7-12-8)3-5-11-6-4-10(13)14-2/h7,11H,3-6H2,1-2H3. The number of hydrogen-bond donors (Lipinski definition) is 1. The molecule has 1 N–H and O–H groups in total. The van der Waals surface area contributed by atoms with Gasteiger partial charge in [-0.1, -0.05) is 0 Å². The Morgan fingerprint density at radius 2 is 2.40 bits per heavy atom. The number of methoxy groups -OCH3 is 1. The van der Waals surface area contributed by atoms with Gasteiger partial charge in [0.15, 0.2) is 0 Å². The third-order valence-corrected chi connectivity index (χ3v) is 3.10. The first-order chi connectivity index (χ1) is 7.24. The molecule has 5 heteroatoms. The Kier molecular flexibility index (Phi) is 5.28. The van der Waals surface area contributed by atoms with Gasteiger partial charge in [-0.15, -0.1) is 11.3 Å². The van der Waals surface area contributed by atoms with Gasteiger partial charge in [0.1, 0.15) is 0 Å². The van der Waals surface area contributed by atoms with Crippen molar-refractivity contribution in [3.63, 3.8) is 0 Å². The fourth-order valence-corrected chi connectivity index (χ4v) is 1.97. The van der Waals surface area contributed by atoms with Crippen LogP contribution in [0.4, 0.5) is 0 Å². The lowest BCUT2D eigenvalue weighted by Crippen LogP contribution is -2.21. The highest BCUT2D eigenvalue weighted by atomic mass is 32.1. The first kappa shape index (κ1) is 12.1. The van der Waals surface area contributed by atoms with Crippen molar-refractivity contribution in [1.29, 1.82) is 0 Å². The zero-order valence-electron chi connectivity index (χ0n) is 9.08. The van der Waals surface area contributed by atoms with Crippen LogP contribution in [0.3, 0.4) is 0 Å². The number of rotatable bonds is 6. The van der Waals surface area contributed by atoms with Crippen molar-refractivity contribution >= 4 is 17.3 Å². The lowest BCUT2D eigenvalue weighted by Gasteiger charge is -2.02. The van der Waals surface area contributed by atoms with Crippen molar-refractivity contribution in [2.24, 2.45) is 0 Å². The normalized spacial score (nSPS) is 10.3. The minimum atomic E-state index is -0.170. The third kappa shape index (κ3) is 4.40. The molecular formula is C10H16N2O2S. The summed E-state index contributed by atoms with van der Waals surface area (Å²) >= 11 is 1.68. The van der Waals surface area contributed by atoms with Crippen molar-refractivity contribution in [2.75, 3.05) is 20.2 Å². The van der Waals surface area contributed by atoms with Gasteiger partial charge in [-0.25, -0.2) is 4.98 Å². The molecule has 0 aliphatic rings. The quantitative estimate of drug-likeness (QED) is 0.586. The fourth-order valence-electron chi connectivity index (χ4n) is 1.19. The van der Waals surface area contributed by atoms with E-state index in [1.165, 1.54) is 12.0 Å². The molecule has 0 bridgehead atoms. The van der Waals surface area contributed by atoms with Crippen LogP contribution in [0.5, 0.6) is 0 Å². The van der Waals surface area contributed by atoms with E-state index in [-0.39, 0.29) is 5.97 Å². The van der Waals surface area contributed by atoms with E-state index in [1.54, 1.807) is 11.3 Å². The summed E-state index contributed by atoms with van der Waals surface area (Å²) in [4.78, 5) is 16.3. The highest BCUT2D eigenvalue weighted by molar-refractivity contribution is 7.09. The first-order valence-corrected chi connectivity index (χ1v) is 5.78. The number of aromatic nitrogens is 1. The largest absolute Gasteiger partial charge is 0.469 e. The summed E-state index contributed by atoms with van der Waals surface area (Å²) in [7, 11) is 1.41. The van der Waals surface area contributed by atoms with E-state index in [0.29, 0.717) is 13.0 Å². The predicted octanol–water partition coefficient (Wildman–Crippen LogP) is 1.15. The second-order valence-electron chi connectivity index (χ2n) is 3.19. The first-order valence-electron chi connectivity index (χ1n) is 4.90. The van der Waals surface area contributed by atoms with E-state index in [4.69, 9.17) is 0 Å². The Morgan fingerprint density at radius 3 is 3.00 bits per heavy atom. The Balaban J connectivity index is 2.07. The van der Waals surface area contributed by atoms with Gasteiger partial charge in [0.05, 0.1) is 24.7 Å². The molecule has 0 aliphatic carbocycles. The van der Waals surface area contributed by atoms with E-state index in [9.17, 15) is 4.79 Å². The second-order valence-corrected chi connectivity index (χ2v) is 4.13. The molecule has 0 spiro atoms. The number of nitrogens with one attached hydrogen (secondary N) is 1. The van der Waals surface area contributed by atoms with Gasteiger partial charge in [0, 0.05) is 18.0 Å². The summed E-state index contributed by atoms with van der Waals surface area (Å²) in [6, 6.07) is 0. The molecule has 1 aromatic heterocycles. The summed E-state index contributed by atoms with van der Waals surface area (Å²) in [6.07, 6.45) is 1.40. The van der Waals surface area contributed by atoms with Crippen molar-refractivity contribution in [3.05, 3.63) is 16.1 Å². The van der Waals surface area contributed by atoms with Crippen LogP contribution in [0.15, 0.2) is 5.51 Å². The van der Waals surface area contributed by atoms with Crippen LogP contribution in [0.25, 0.3) is 0 Å². The summed E-state index contributed by atoms with van der Waals surface area (Å²) in [6.45, 7) is 3.56. The molecule has 0 fully saturated rings. The van der Waals surface area contributed by atoms with Crippen molar-refractivity contribution in [1.82, 2.24) is 10.3 Å². The number of carbonyl (C=O) groups excluding carboxylic acids is 1. The van der Waals surface area contributed by atoms with E-state index in [1.807, 2.05) is 12.4 Å². The highest BCUT2D eigenvalue weighted by Crippen LogP contribution is 2.11. The average molecular weight is 228 g/mol. The number of ether oxygens (including phenoxy) is 1. The highest BCUT2D eigenvalue weighted by Gasteiger charge is 2.01. The maximum Gasteiger partial charge on any atom is 0.306 e. The summed E-state index contributed by atoms with van der Waals surface area (Å²) in [5, 5.41) is 3.19. The van der Waals surface area contributed by atoms with Crippen LogP contribution in [0.1, 0.15) is 17.0 Å². The van der Waals surface area contributed by atoms with Crippen LogP contribution in [0, 0.1) is 6.92 Å². The molecule has 0 saturated heterocycles. The monoisotopic (exact) mass is 228 g/mol. The predicted molar refractivity (Wildman–Crippen MR) is 60.1 cm³/mol. The van der Waals surface area contributed by atoms with E-state index >= 15 is 0 Å². The number of hydrogen-bond acceptors (Lipinski definition) is 5. The second kappa shape index (κ2) is 6.53. The molecule has 1 rings (SSSR count). The molecule has 0 amide bonds. The van der Waals surface area contributed by atoms with Gasteiger partial charge in [-0.3, -0.25) is 4.79 Å². The molecule has 0 aliphatic heterocycles. The van der Waals surface area contributed by atoms with Gasteiger partial charge in [0.2, 0.25) is 0 Å². The minimum Gasteiger partial charge on any atom is -0.469 e. The van der Waals surface area contributed by atoms with Gasteiger partial charge in [0.25, 0.3) is 0 Å². The van der Waals surface area contributed by atoms with E-state index < -0.39 is 0 Å². The number of aryl methyl sites for hydroxylation is 1. The Bertz CT molecular complexity index is 312. The zero-order valence-corrected chi connectivity index (χ0v) is 9.89. The van der Waals surface area contributed by atoms with Crippen LogP contribution >= 0.6 is 11.3 Å². The summed E-state index contributed by atoms with van der Waals surface area (Å²) in [5.41, 5.74) is 2.97. The van der Waals surface area contributed by atoms with E-state index in [0.717, 1.165) is 18.7 Å². The fraction of sp³-hybridized carbons (Fsp3) is 0.600. The molecule has 0 aromatic carbocycles. The molecule has 84 valence electrons. The molecule has 1 heterocycles. The molecule has 15 heavy (non-hydrogen) atoms. The van der Waals surface area contributed by atoms with Crippen LogP contribution in [0.2, 0.25) is 0 Å². The van der Waals surface area contributed by atoms with Crippen molar-refractivity contribution in [2.45, 2.75) is 19.8 Å². The Hall–Kier alpha value is -0.940. The third-order valence-electron chi connectivity index (χ3n) is 2.11. The van der Waals surface area contributed by atoms with Gasteiger partial charge in [-0.2, -0.15) is 0 Å². The molecule has 0 saturated carbocycles. The van der Waals surface area contributed by atoms with Crippen molar-refractivity contribution < 1.29 is 9.53 Å². The number of thiazole rings is 1. The number of nitrogens with zero attached hydrogens (tertiary/aromatic N) is 1. The van der Waals surface area contributed by atoms with Crippen LogP contribution < -0.4 is 5.32 Å². The van der Waals surface area contributed by atoms with Crippen molar-refractivity contribution in [3.8, 4) is 0 Å². The maximum atomic E-state index is 10.8. The Labute approximate surface area is 93.7 Å². The lowest BCUT2D eigenvalue weighted by molar-refractivity contribution is -0.140. The van der Waals surface area contributed by atoms with Crippen LogP contribution in [-0.4, -0.2) is 31.2 Å². The molecule has 4 nitrogen and oxygen atoms in total. The van der Waals surface area contributed by atoms with Gasteiger partial charge < -0.3 is 10.1 Å². The molecule has 1 aromatic rings. The molecule has 0 unspecified atom stereocenters. The lowest BCUT2D eigenvalue weighted by atomic mass is 10.3. The minimum absolute atomic E-state index is 0.170. The average Bonchev–Trinajstić information content (AvgIpc) is 2.63. The SMILES string of the molecule is COC(=O)CCNCCc1scnc1C. The van der Waals surface area contributed by atoms with Gasteiger partial charge >= 0.3 is 5.97 Å². The van der Waals surface area contributed by atoms with Crippen LogP contribution in [-0.2, 0) is 16.0 Å².